The summed E-state index contributed by atoms with van der Waals surface area (Å²) in [6, 6.07) is 6.42. The number of aliphatic imine (C=N–C) groups is 1. The molecule has 1 fully saturated rings. The zero-order valence-corrected chi connectivity index (χ0v) is 16.4. The van der Waals surface area contributed by atoms with Gasteiger partial charge in [-0.05, 0) is 49.9 Å². The number of aryl methyl sites for hydroxylation is 1. The van der Waals surface area contributed by atoms with E-state index in [-0.39, 0.29) is 6.03 Å². The minimum atomic E-state index is -0.333. The molecule has 2 rings (SSSR count). The first-order valence-electron chi connectivity index (χ1n) is 9.26. The van der Waals surface area contributed by atoms with Crippen molar-refractivity contribution in [1.82, 2.24) is 15.5 Å². The zero-order valence-electron chi connectivity index (χ0n) is 16.4. The van der Waals surface area contributed by atoms with Crippen LogP contribution in [0.3, 0.4) is 0 Å². The van der Waals surface area contributed by atoms with E-state index in [9.17, 15) is 4.79 Å². The molecule has 0 atom stereocenters. The molecule has 26 heavy (non-hydrogen) atoms. The van der Waals surface area contributed by atoms with Crippen LogP contribution in [0.25, 0.3) is 0 Å². The second-order valence-corrected chi connectivity index (χ2v) is 6.94. The van der Waals surface area contributed by atoms with Crippen LogP contribution in [-0.4, -0.2) is 56.7 Å². The van der Waals surface area contributed by atoms with Crippen LogP contribution in [-0.2, 0) is 6.54 Å². The molecule has 1 aliphatic rings. The predicted molar refractivity (Wildman–Crippen MR) is 108 cm³/mol. The average Bonchev–Trinajstić information content (AvgIpc) is 2.61. The molecular formula is C19H32N6O. The summed E-state index contributed by atoms with van der Waals surface area (Å²) in [4.78, 5) is 19.8. The number of likely N-dealkylation sites (tertiary alicyclic amines) is 1. The molecule has 0 spiro atoms. The number of hydrogen-bond acceptors (Lipinski definition) is 3. The lowest BCUT2D eigenvalue weighted by Crippen LogP contribution is -2.50. The molecule has 0 saturated carbocycles. The van der Waals surface area contributed by atoms with Gasteiger partial charge in [-0.25, -0.2) is 9.79 Å². The number of nitrogens with one attached hydrogen (secondary N) is 2. The highest BCUT2D eigenvalue weighted by atomic mass is 16.2. The van der Waals surface area contributed by atoms with Gasteiger partial charge < -0.3 is 26.2 Å². The van der Waals surface area contributed by atoms with E-state index in [0.29, 0.717) is 25.7 Å². The summed E-state index contributed by atoms with van der Waals surface area (Å²) < 4.78 is 0. The fourth-order valence-electron chi connectivity index (χ4n) is 3.06. The van der Waals surface area contributed by atoms with Crippen LogP contribution in [0.15, 0.2) is 23.2 Å². The molecule has 7 heteroatoms. The molecule has 1 heterocycles. The minimum Gasteiger partial charge on any atom is -0.378 e. The first-order valence-corrected chi connectivity index (χ1v) is 9.26. The number of primary amides is 1. The van der Waals surface area contributed by atoms with Gasteiger partial charge in [0.25, 0.3) is 0 Å². The lowest BCUT2D eigenvalue weighted by molar-refractivity contribution is 0.188. The average molecular weight is 361 g/mol. The fraction of sp³-hybridized carbons (Fsp3) is 0.579. The Kier molecular flexibility index (Phi) is 7.12. The number of guanidine groups is 1. The third kappa shape index (κ3) is 5.54. The highest BCUT2D eigenvalue weighted by molar-refractivity contribution is 5.80. The van der Waals surface area contributed by atoms with Gasteiger partial charge in [0.15, 0.2) is 5.96 Å². The largest absolute Gasteiger partial charge is 0.378 e. The zero-order chi connectivity index (χ0) is 19.1. The first kappa shape index (κ1) is 19.9. The van der Waals surface area contributed by atoms with Gasteiger partial charge in [-0.15, -0.1) is 0 Å². The van der Waals surface area contributed by atoms with E-state index in [2.05, 4.69) is 47.6 Å². The highest BCUT2D eigenvalue weighted by Gasteiger charge is 2.21. The van der Waals surface area contributed by atoms with Crippen molar-refractivity contribution in [3.8, 4) is 0 Å². The van der Waals surface area contributed by atoms with Gasteiger partial charge in [0.05, 0.1) is 6.54 Å². The Balaban J connectivity index is 1.97. The van der Waals surface area contributed by atoms with E-state index in [4.69, 9.17) is 10.7 Å². The van der Waals surface area contributed by atoms with Crippen molar-refractivity contribution < 1.29 is 4.79 Å². The van der Waals surface area contributed by atoms with Gasteiger partial charge in [-0.3, -0.25) is 0 Å². The summed E-state index contributed by atoms with van der Waals surface area (Å²) in [7, 11) is 4.09. The number of carbonyl (C=O) groups excluding carboxylic acids is 1. The number of hydrogen-bond donors (Lipinski definition) is 3. The Morgan fingerprint density at radius 3 is 2.58 bits per heavy atom. The Labute approximate surface area is 156 Å². The molecule has 144 valence electrons. The number of amides is 2. The smallest absolute Gasteiger partial charge is 0.314 e. The number of anilines is 1. The van der Waals surface area contributed by atoms with E-state index in [0.717, 1.165) is 25.3 Å². The molecule has 4 N–H and O–H groups in total. The number of nitrogens with zero attached hydrogens (tertiary/aromatic N) is 3. The molecule has 0 unspecified atom stereocenters. The van der Waals surface area contributed by atoms with Gasteiger partial charge in [-0.2, -0.15) is 0 Å². The van der Waals surface area contributed by atoms with E-state index >= 15 is 0 Å². The molecule has 1 aliphatic heterocycles. The monoisotopic (exact) mass is 360 g/mol. The number of rotatable bonds is 5. The van der Waals surface area contributed by atoms with Crippen molar-refractivity contribution in [2.45, 2.75) is 39.3 Å². The second-order valence-electron chi connectivity index (χ2n) is 6.94. The summed E-state index contributed by atoms with van der Waals surface area (Å²) >= 11 is 0. The summed E-state index contributed by atoms with van der Waals surface area (Å²) in [6.07, 6.45) is 1.76. The van der Waals surface area contributed by atoms with Crippen molar-refractivity contribution >= 4 is 17.7 Å². The standard InChI is InChI=1S/C19H32N6O/c1-5-21-19(23-16-8-10-25(11-9-16)18(20)26)22-13-15-6-7-17(24(3)4)12-14(15)2/h6-7,12,16H,5,8-11,13H2,1-4H3,(H2,20,26)(H2,21,22,23). The maximum Gasteiger partial charge on any atom is 0.314 e. The van der Waals surface area contributed by atoms with Crippen molar-refractivity contribution in [3.63, 3.8) is 0 Å². The molecule has 1 saturated heterocycles. The lowest BCUT2D eigenvalue weighted by atomic mass is 10.1. The number of piperidine rings is 1. The van der Waals surface area contributed by atoms with Crippen LogP contribution in [0, 0.1) is 6.92 Å². The van der Waals surface area contributed by atoms with Gasteiger partial charge in [-0.1, -0.05) is 6.07 Å². The third-order valence-corrected chi connectivity index (χ3v) is 4.74. The van der Waals surface area contributed by atoms with Crippen LogP contribution < -0.4 is 21.3 Å². The van der Waals surface area contributed by atoms with E-state index < -0.39 is 0 Å². The van der Waals surface area contributed by atoms with Crippen molar-refractivity contribution in [2.75, 3.05) is 38.6 Å². The molecule has 1 aromatic rings. The molecule has 2 amide bonds. The summed E-state index contributed by atoms with van der Waals surface area (Å²) in [5, 5.41) is 6.80. The van der Waals surface area contributed by atoms with Crippen LogP contribution in [0.4, 0.5) is 10.5 Å². The Hall–Kier alpha value is -2.44. The second kappa shape index (κ2) is 9.31. The van der Waals surface area contributed by atoms with Crippen LogP contribution in [0.5, 0.6) is 0 Å². The van der Waals surface area contributed by atoms with Crippen molar-refractivity contribution in [2.24, 2.45) is 10.7 Å². The lowest BCUT2D eigenvalue weighted by Gasteiger charge is -2.32. The van der Waals surface area contributed by atoms with Gasteiger partial charge in [0.2, 0.25) is 0 Å². The van der Waals surface area contributed by atoms with Gasteiger partial charge in [0.1, 0.15) is 0 Å². The van der Waals surface area contributed by atoms with Gasteiger partial charge in [0, 0.05) is 45.5 Å². The number of benzene rings is 1. The Bertz CT molecular complexity index is 635. The molecule has 0 aromatic heterocycles. The predicted octanol–water partition coefficient (Wildman–Crippen LogP) is 1.66. The van der Waals surface area contributed by atoms with Gasteiger partial charge >= 0.3 is 6.03 Å². The first-order chi connectivity index (χ1) is 12.4. The number of urea groups is 1. The highest BCUT2D eigenvalue weighted by Crippen LogP contribution is 2.18. The molecule has 7 nitrogen and oxygen atoms in total. The Morgan fingerprint density at radius 2 is 2.04 bits per heavy atom. The molecule has 0 aliphatic carbocycles. The summed E-state index contributed by atoms with van der Waals surface area (Å²) in [5.41, 5.74) is 9.00. The minimum absolute atomic E-state index is 0.306. The van der Waals surface area contributed by atoms with E-state index in [1.807, 2.05) is 14.1 Å². The maximum atomic E-state index is 11.2. The van der Waals surface area contributed by atoms with Crippen LogP contribution in [0.1, 0.15) is 30.9 Å². The molecule has 0 bridgehead atoms. The van der Waals surface area contributed by atoms with Crippen LogP contribution in [0.2, 0.25) is 0 Å². The third-order valence-electron chi connectivity index (χ3n) is 4.74. The normalized spacial score (nSPS) is 15.7. The Morgan fingerprint density at radius 1 is 1.35 bits per heavy atom. The van der Waals surface area contributed by atoms with Crippen LogP contribution >= 0.6 is 0 Å². The quantitative estimate of drug-likeness (QED) is 0.551. The van der Waals surface area contributed by atoms with Crippen molar-refractivity contribution in [3.05, 3.63) is 29.3 Å². The fourth-order valence-corrected chi connectivity index (χ4v) is 3.06. The van der Waals surface area contributed by atoms with Crippen molar-refractivity contribution in [1.29, 1.82) is 0 Å². The molecular weight excluding hydrogens is 328 g/mol. The number of nitrogens with two attached hydrogens (primary N) is 1. The van der Waals surface area contributed by atoms with E-state index in [1.165, 1.54) is 16.8 Å². The van der Waals surface area contributed by atoms with E-state index in [1.54, 1.807) is 4.90 Å². The molecule has 0 radical (unpaired) electrons. The summed E-state index contributed by atoms with van der Waals surface area (Å²) in [5.74, 6) is 0.820. The number of carbonyl (C=O) groups is 1. The SMILES string of the molecule is CCNC(=NCc1ccc(N(C)C)cc1C)NC1CCN(C(N)=O)CC1. The molecule has 1 aromatic carbocycles. The maximum absolute atomic E-state index is 11.2. The summed E-state index contributed by atoms with van der Waals surface area (Å²) in [6.45, 7) is 7.01. The topological polar surface area (TPSA) is 86.0 Å².